The highest BCUT2D eigenvalue weighted by Crippen LogP contribution is 2.39. The summed E-state index contributed by atoms with van der Waals surface area (Å²) in [6, 6.07) is 17.9. The molecule has 1 aliphatic carbocycles. The fourth-order valence-corrected chi connectivity index (χ4v) is 3.15. The van der Waals surface area contributed by atoms with Crippen LogP contribution >= 0.6 is 0 Å². The molecular weight excluding hydrogens is 368 g/mol. The Bertz CT molecular complexity index is 1020. The standard InChI is InChI=1S/C23H22N2O4/c1-15(22(26)17-10-12-19(28-2)13-11-17)29-23(27)21-14-20(16-8-9-16)24-25(21)18-6-4-3-5-7-18/h3-7,10-16H,8-9H2,1-2H3/t15-/m1/s1. The van der Waals surface area contributed by atoms with Gasteiger partial charge >= 0.3 is 5.97 Å². The maximum absolute atomic E-state index is 12.9. The normalized spacial score (nSPS) is 14.3. The number of ether oxygens (including phenoxy) is 2. The van der Waals surface area contributed by atoms with Gasteiger partial charge in [0, 0.05) is 11.5 Å². The van der Waals surface area contributed by atoms with Crippen LogP contribution in [0.1, 0.15) is 52.2 Å². The Morgan fingerprint density at radius 3 is 2.38 bits per heavy atom. The van der Waals surface area contributed by atoms with Crippen molar-refractivity contribution >= 4 is 11.8 Å². The minimum atomic E-state index is -0.917. The lowest BCUT2D eigenvalue weighted by molar-refractivity contribution is 0.0310. The average molecular weight is 390 g/mol. The molecule has 1 fully saturated rings. The van der Waals surface area contributed by atoms with E-state index < -0.39 is 12.1 Å². The van der Waals surface area contributed by atoms with Crippen LogP contribution in [0.5, 0.6) is 5.75 Å². The lowest BCUT2D eigenvalue weighted by atomic mass is 10.1. The summed E-state index contributed by atoms with van der Waals surface area (Å²) in [6.45, 7) is 1.58. The van der Waals surface area contributed by atoms with Crippen molar-refractivity contribution in [3.63, 3.8) is 0 Å². The molecule has 0 N–H and O–H groups in total. The van der Waals surface area contributed by atoms with Gasteiger partial charge in [0.1, 0.15) is 5.75 Å². The summed E-state index contributed by atoms with van der Waals surface area (Å²) in [5, 5.41) is 4.61. The summed E-state index contributed by atoms with van der Waals surface area (Å²) in [6.07, 6.45) is 1.23. The van der Waals surface area contributed by atoms with Crippen LogP contribution in [0.4, 0.5) is 0 Å². The zero-order valence-corrected chi connectivity index (χ0v) is 16.4. The summed E-state index contributed by atoms with van der Waals surface area (Å²) in [5.74, 6) is 0.215. The lowest BCUT2D eigenvalue weighted by Gasteiger charge is -2.13. The van der Waals surface area contributed by atoms with Gasteiger partial charge in [0.15, 0.2) is 11.8 Å². The van der Waals surface area contributed by atoms with Crippen LogP contribution in [-0.2, 0) is 4.74 Å². The van der Waals surface area contributed by atoms with Crippen LogP contribution in [0.15, 0.2) is 60.7 Å². The summed E-state index contributed by atoms with van der Waals surface area (Å²) < 4.78 is 12.2. The van der Waals surface area contributed by atoms with Gasteiger partial charge in [-0.25, -0.2) is 9.48 Å². The number of rotatable bonds is 7. The first-order valence-corrected chi connectivity index (χ1v) is 9.61. The minimum Gasteiger partial charge on any atom is -0.497 e. The van der Waals surface area contributed by atoms with Crippen molar-refractivity contribution in [2.24, 2.45) is 0 Å². The maximum Gasteiger partial charge on any atom is 0.357 e. The quantitative estimate of drug-likeness (QED) is 0.447. The highest BCUT2D eigenvalue weighted by atomic mass is 16.5. The molecule has 148 valence electrons. The number of esters is 1. The fraction of sp³-hybridized carbons (Fsp3) is 0.261. The van der Waals surface area contributed by atoms with E-state index in [9.17, 15) is 9.59 Å². The minimum absolute atomic E-state index is 0.269. The molecule has 2 aromatic carbocycles. The molecule has 0 radical (unpaired) electrons. The number of methoxy groups -OCH3 is 1. The molecule has 0 saturated heterocycles. The zero-order chi connectivity index (χ0) is 20.4. The molecule has 0 amide bonds. The van der Waals surface area contributed by atoms with Crippen molar-refractivity contribution in [2.75, 3.05) is 7.11 Å². The molecule has 1 aliphatic rings. The van der Waals surface area contributed by atoms with Gasteiger partial charge in [-0.2, -0.15) is 5.10 Å². The number of nitrogens with zero attached hydrogens (tertiary/aromatic N) is 2. The molecule has 29 heavy (non-hydrogen) atoms. The number of hydrogen-bond acceptors (Lipinski definition) is 5. The van der Waals surface area contributed by atoms with Crippen LogP contribution in [0.3, 0.4) is 0 Å². The third-order valence-corrected chi connectivity index (χ3v) is 4.96. The SMILES string of the molecule is COc1ccc(C(=O)[C@@H](C)OC(=O)c2cc(C3CC3)nn2-c2ccccc2)cc1. The van der Waals surface area contributed by atoms with Gasteiger partial charge in [-0.3, -0.25) is 4.79 Å². The van der Waals surface area contributed by atoms with E-state index in [0.29, 0.717) is 22.9 Å². The zero-order valence-electron chi connectivity index (χ0n) is 16.4. The van der Waals surface area contributed by atoms with Gasteiger partial charge in [-0.1, -0.05) is 18.2 Å². The van der Waals surface area contributed by atoms with E-state index in [0.717, 1.165) is 24.2 Å². The molecule has 1 aromatic heterocycles. The van der Waals surface area contributed by atoms with Crippen LogP contribution in [-0.4, -0.2) is 34.7 Å². The first kappa shape index (κ1) is 18.9. The Balaban J connectivity index is 1.55. The van der Waals surface area contributed by atoms with Crippen molar-refractivity contribution < 1.29 is 19.1 Å². The number of ketones is 1. The summed E-state index contributed by atoms with van der Waals surface area (Å²) in [4.78, 5) is 25.5. The van der Waals surface area contributed by atoms with Gasteiger partial charge in [0.05, 0.1) is 18.5 Å². The Hall–Kier alpha value is -3.41. The number of aromatic nitrogens is 2. The molecule has 1 atom stereocenters. The third-order valence-electron chi connectivity index (χ3n) is 4.96. The molecular formula is C23H22N2O4. The number of carbonyl (C=O) groups is 2. The van der Waals surface area contributed by atoms with E-state index in [2.05, 4.69) is 5.10 Å². The fourth-order valence-electron chi connectivity index (χ4n) is 3.15. The second-order valence-electron chi connectivity index (χ2n) is 7.12. The van der Waals surface area contributed by atoms with E-state index in [-0.39, 0.29) is 5.78 Å². The second kappa shape index (κ2) is 7.91. The van der Waals surface area contributed by atoms with Crippen molar-refractivity contribution in [1.29, 1.82) is 0 Å². The van der Waals surface area contributed by atoms with E-state index in [1.807, 2.05) is 30.3 Å². The summed E-state index contributed by atoms with van der Waals surface area (Å²) in [5.41, 5.74) is 2.45. The predicted molar refractivity (Wildman–Crippen MR) is 108 cm³/mol. The first-order valence-electron chi connectivity index (χ1n) is 9.61. The molecule has 3 aromatic rings. The third kappa shape index (κ3) is 4.06. The van der Waals surface area contributed by atoms with Crippen LogP contribution < -0.4 is 4.74 Å². The number of para-hydroxylation sites is 1. The molecule has 0 unspecified atom stereocenters. The number of carbonyl (C=O) groups excluding carboxylic acids is 2. The van der Waals surface area contributed by atoms with E-state index in [1.165, 1.54) is 0 Å². The first-order chi connectivity index (χ1) is 14.1. The molecule has 0 aliphatic heterocycles. The number of benzene rings is 2. The molecule has 6 nitrogen and oxygen atoms in total. The van der Waals surface area contributed by atoms with Crippen molar-refractivity contribution in [1.82, 2.24) is 9.78 Å². The molecule has 4 rings (SSSR count). The van der Waals surface area contributed by atoms with Crippen LogP contribution in [0.2, 0.25) is 0 Å². The number of hydrogen-bond donors (Lipinski definition) is 0. The van der Waals surface area contributed by atoms with Gasteiger partial charge in [0.25, 0.3) is 0 Å². The second-order valence-corrected chi connectivity index (χ2v) is 7.12. The molecule has 1 heterocycles. The highest BCUT2D eigenvalue weighted by molar-refractivity contribution is 6.01. The molecule has 1 saturated carbocycles. The smallest absolute Gasteiger partial charge is 0.357 e. The van der Waals surface area contributed by atoms with Gasteiger partial charge < -0.3 is 9.47 Å². The maximum atomic E-state index is 12.9. The van der Waals surface area contributed by atoms with E-state index >= 15 is 0 Å². The van der Waals surface area contributed by atoms with Crippen molar-refractivity contribution in [3.8, 4) is 11.4 Å². The average Bonchev–Trinajstić information content (AvgIpc) is 3.52. The molecule has 0 bridgehead atoms. The number of Topliss-reactive ketones (excluding diaryl/α,β-unsaturated/α-hetero) is 1. The summed E-state index contributed by atoms with van der Waals surface area (Å²) in [7, 11) is 1.56. The lowest BCUT2D eigenvalue weighted by Crippen LogP contribution is -2.25. The van der Waals surface area contributed by atoms with E-state index in [4.69, 9.17) is 9.47 Å². The van der Waals surface area contributed by atoms with Gasteiger partial charge in [-0.15, -0.1) is 0 Å². The Morgan fingerprint density at radius 1 is 1.07 bits per heavy atom. The monoisotopic (exact) mass is 390 g/mol. The van der Waals surface area contributed by atoms with Gasteiger partial charge in [0.2, 0.25) is 5.78 Å². The Kier molecular flexibility index (Phi) is 5.16. The van der Waals surface area contributed by atoms with Crippen LogP contribution in [0.25, 0.3) is 5.69 Å². The van der Waals surface area contributed by atoms with Crippen molar-refractivity contribution in [2.45, 2.75) is 31.8 Å². The van der Waals surface area contributed by atoms with Crippen LogP contribution in [0, 0.1) is 0 Å². The highest BCUT2D eigenvalue weighted by Gasteiger charge is 2.30. The Labute approximate surface area is 169 Å². The van der Waals surface area contributed by atoms with E-state index in [1.54, 1.807) is 49.0 Å². The summed E-state index contributed by atoms with van der Waals surface area (Å²) >= 11 is 0. The van der Waals surface area contributed by atoms with Gasteiger partial charge in [-0.05, 0) is 62.2 Å². The Morgan fingerprint density at radius 2 is 1.76 bits per heavy atom. The van der Waals surface area contributed by atoms with Crippen molar-refractivity contribution in [3.05, 3.63) is 77.6 Å². The largest absolute Gasteiger partial charge is 0.497 e. The predicted octanol–water partition coefficient (Wildman–Crippen LogP) is 4.19. The molecule has 6 heteroatoms. The molecule has 0 spiro atoms. The topological polar surface area (TPSA) is 70.4 Å².